The van der Waals surface area contributed by atoms with E-state index in [4.69, 9.17) is 46.8 Å². The SMILES string of the molecule is CCOC(=O)C1=C(c2ccccc2)N=c2s/c(=C/c3ccc(-c4ccc(Cl)cc4Cl)o3)c(=O)n2[C@H]1c1ccc2c(c1)OCO2. The topological polar surface area (TPSA) is 92.3 Å². The summed E-state index contributed by atoms with van der Waals surface area (Å²) in [7, 11) is 0. The summed E-state index contributed by atoms with van der Waals surface area (Å²) in [6.07, 6.45) is 1.66. The van der Waals surface area contributed by atoms with Crippen LogP contribution in [-0.2, 0) is 9.53 Å². The maximum Gasteiger partial charge on any atom is 0.338 e. The maximum absolute atomic E-state index is 14.1. The molecule has 2 aliphatic heterocycles. The van der Waals surface area contributed by atoms with Crippen LogP contribution < -0.4 is 24.4 Å². The van der Waals surface area contributed by atoms with Gasteiger partial charge in [-0.15, -0.1) is 0 Å². The standard InChI is InChI=1S/C33H22Cl2N2O6S/c1-2-40-32(39)28-29(18-6-4-3-5-7-18)36-33-37(30(28)19-8-12-25-26(14-19)42-17-41-25)31(38)27(44-33)16-21-10-13-24(43-21)22-11-9-20(34)15-23(22)35/h3-16,30H,2,17H2,1H3/b27-16+/t30-/m0/s1. The normalized spacial score (nSPS) is 15.7. The summed E-state index contributed by atoms with van der Waals surface area (Å²) >= 11 is 13.6. The number of hydrogen-bond acceptors (Lipinski definition) is 8. The second-order valence-corrected chi connectivity index (χ2v) is 11.7. The van der Waals surface area contributed by atoms with Gasteiger partial charge in [0.15, 0.2) is 16.3 Å². The first-order valence-corrected chi connectivity index (χ1v) is 15.2. The Kier molecular flexibility index (Phi) is 7.37. The predicted octanol–water partition coefficient (Wildman–Crippen LogP) is 6.23. The summed E-state index contributed by atoms with van der Waals surface area (Å²) in [5.74, 6) is 1.52. The lowest BCUT2D eigenvalue weighted by Gasteiger charge is -2.26. The van der Waals surface area contributed by atoms with Crippen LogP contribution in [0.5, 0.6) is 11.5 Å². The highest BCUT2D eigenvalue weighted by Gasteiger charge is 2.36. The Morgan fingerprint density at radius 2 is 1.86 bits per heavy atom. The van der Waals surface area contributed by atoms with Crippen LogP contribution in [0.25, 0.3) is 23.1 Å². The van der Waals surface area contributed by atoms with Gasteiger partial charge in [-0.2, -0.15) is 0 Å². The number of thiazole rings is 1. The van der Waals surface area contributed by atoms with Crippen molar-refractivity contribution in [1.29, 1.82) is 0 Å². The van der Waals surface area contributed by atoms with Crippen molar-refractivity contribution in [2.24, 2.45) is 4.99 Å². The fraction of sp³-hybridized carbons (Fsp3) is 0.121. The average molecular weight is 646 g/mol. The number of carbonyl (C=O) groups is 1. The summed E-state index contributed by atoms with van der Waals surface area (Å²) < 4.78 is 24.6. The molecule has 0 unspecified atom stereocenters. The number of hydrogen-bond donors (Lipinski definition) is 0. The number of rotatable bonds is 6. The van der Waals surface area contributed by atoms with E-state index in [0.717, 1.165) is 5.56 Å². The number of aromatic nitrogens is 1. The minimum Gasteiger partial charge on any atom is -0.463 e. The fourth-order valence-electron chi connectivity index (χ4n) is 5.23. The van der Waals surface area contributed by atoms with Crippen LogP contribution in [-0.4, -0.2) is 23.9 Å². The van der Waals surface area contributed by atoms with Crippen molar-refractivity contribution in [2.45, 2.75) is 13.0 Å². The van der Waals surface area contributed by atoms with Crippen LogP contribution >= 0.6 is 34.5 Å². The zero-order valence-electron chi connectivity index (χ0n) is 23.1. The van der Waals surface area contributed by atoms with Crippen LogP contribution in [0.3, 0.4) is 0 Å². The van der Waals surface area contributed by atoms with E-state index in [1.807, 2.05) is 36.4 Å². The third-order valence-electron chi connectivity index (χ3n) is 7.18. The van der Waals surface area contributed by atoms with Gasteiger partial charge in [-0.25, -0.2) is 9.79 Å². The molecule has 0 aliphatic carbocycles. The van der Waals surface area contributed by atoms with Crippen LogP contribution in [0.4, 0.5) is 0 Å². The number of halogens is 2. The average Bonchev–Trinajstić information content (AvgIpc) is 3.76. The number of ether oxygens (including phenoxy) is 3. The van der Waals surface area contributed by atoms with Crippen LogP contribution in [0, 0.1) is 0 Å². The maximum atomic E-state index is 14.1. The smallest absolute Gasteiger partial charge is 0.338 e. The van der Waals surface area contributed by atoms with Gasteiger partial charge in [0.1, 0.15) is 11.5 Å². The van der Waals surface area contributed by atoms with Crippen LogP contribution in [0.15, 0.2) is 98.6 Å². The van der Waals surface area contributed by atoms with Crippen molar-refractivity contribution < 1.29 is 23.4 Å². The molecular weight excluding hydrogens is 623 g/mol. The minimum atomic E-state index is -0.850. The van der Waals surface area contributed by atoms with Gasteiger partial charge < -0.3 is 18.6 Å². The largest absolute Gasteiger partial charge is 0.463 e. The molecule has 0 spiro atoms. The lowest BCUT2D eigenvalue weighted by atomic mass is 9.93. The van der Waals surface area contributed by atoms with E-state index < -0.39 is 12.0 Å². The number of furan rings is 1. The van der Waals surface area contributed by atoms with Gasteiger partial charge in [0, 0.05) is 22.2 Å². The Bertz CT molecular complexity index is 2150. The molecule has 1 atom stereocenters. The Morgan fingerprint density at radius 1 is 1.05 bits per heavy atom. The molecule has 0 N–H and O–H groups in total. The van der Waals surface area contributed by atoms with Crippen molar-refractivity contribution in [3.8, 4) is 22.8 Å². The van der Waals surface area contributed by atoms with Crippen molar-refractivity contribution in [1.82, 2.24) is 4.57 Å². The van der Waals surface area contributed by atoms with Gasteiger partial charge in [-0.1, -0.05) is 70.9 Å². The van der Waals surface area contributed by atoms with Crippen molar-refractivity contribution >= 4 is 52.3 Å². The first-order chi connectivity index (χ1) is 21.4. The monoisotopic (exact) mass is 644 g/mol. The van der Waals surface area contributed by atoms with Gasteiger partial charge in [0.2, 0.25) is 6.79 Å². The molecule has 44 heavy (non-hydrogen) atoms. The predicted molar refractivity (Wildman–Crippen MR) is 168 cm³/mol. The lowest BCUT2D eigenvalue weighted by Crippen LogP contribution is -2.40. The van der Waals surface area contributed by atoms with E-state index in [2.05, 4.69) is 0 Å². The number of esters is 1. The van der Waals surface area contributed by atoms with Crippen molar-refractivity contribution in [2.75, 3.05) is 13.4 Å². The first kappa shape index (κ1) is 28.2. The summed E-state index contributed by atoms with van der Waals surface area (Å²) in [5.41, 5.74) is 2.37. The lowest BCUT2D eigenvalue weighted by molar-refractivity contribution is -0.138. The van der Waals surface area contributed by atoms with Gasteiger partial charge in [0.05, 0.1) is 33.5 Å². The van der Waals surface area contributed by atoms with E-state index in [9.17, 15) is 9.59 Å². The molecule has 2 aliphatic rings. The van der Waals surface area contributed by atoms with E-state index in [-0.39, 0.29) is 24.5 Å². The van der Waals surface area contributed by atoms with E-state index in [1.54, 1.807) is 55.5 Å². The second-order valence-electron chi connectivity index (χ2n) is 9.87. The molecule has 11 heteroatoms. The van der Waals surface area contributed by atoms with E-state index in [0.29, 0.717) is 59.2 Å². The Balaban J connectivity index is 1.43. The van der Waals surface area contributed by atoms with Gasteiger partial charge in [0.25, 0.3) is 5.56 Å². The Labute approximate surface area is 264 Å². The Hall–Kier alpha value is -4.57. The number of benzene rings is 3. The van der Waals surface area contributed by atoms with Gasteiger partial charge in [-0.3, -0.25) is 9.36 Å². The molecule has 220 valence electrons. The van der Waals surface area contributed by atoms with E-state index >= 15 is 0 Å². The molecule has 0 amide bonds. The summed E-state index contributed by atoms with van der Waals surface area (Å²) in [4.78, 5) is 33.1. The summed E-state index contributed by atoms with van der Waals surface area (Å²) in [5, 5.41) is 0.960. The molecule has 0 saturated carbocycles. The third-order valence-corrected chi connectivity index (χ3v) is 8.71. The molecule has 0 radical (unpaired) electrons. The minimum absolute atomic E-state index is 0.0871. The number of nitrogens with zero attached hydrogens (tertiary/aromatic N) is 2. The molecule has 2 aromatic heterocycles. The van der Waals surface area contributed by atoms with Gasteiger partial charge >= 0.3 is 5.97 Å². The molecule has 4 heterocycles. The zero-order chi connectivity index (χ0) is 30.4. The highest BCUT2D eigenvalue weighted by Crippen LogP contribution is 2.40. The highest BCUT2D eigenvalue weighted by molar-refractivity contribution is 7.07. The Morgan fingerprint density at radius 3 is 2.66 bits per heavy atom. The molecule has 0 saturated heterocycles. The molecule has 0 bridgehead atoms. The number of fused-ring (bicyclic) bond motifs is 2. The molecule has 0 fully saturated rings. The van der Waals surface area contributed by atoms with Crippen LogP contribution in [0.1, 0.15) is 29.9 Å². The molecule has 8 nitrogen and oxygen atoms in total. The molecular formula is C33H22Cl2N2O6S. The number of carbonyl (C=O) groups excluding carboxylic acids is 1. The fourth-order valence-corrected chi connectivity index (χ4v) is 6.72. The quantitative estimate of drug-likeness (QED) is 0.204. The zero-order valence-corrected chi connectivity index (χ0v) is 25.4. The molecule has 5 aromatic rings. The van der Waals surface area contributed by atoms with Crippen molar-refractivity contribution in [3.63, 3.8) is 0 Å². The molecule has 7 rings (SSSR count). The highest BCUT2D eigenvalue weighted by atomic mass is 35.5. The summed E-state index contributed by atoms with van der Waals surface area (Å²) in [6, 6.07) is 22.6. The third kappa shape index (κ3) is 5.02. The van der Waals surface area contributed by atoms with Crippen molar-refractivity contribution in [3.05, 3.63) is 131 Å². The summed E-state index contributed by atoms with van der Waals surface area (Å²) in [6.45, 7) is 1.98. The second kappa shape index (κ2) is 11.5. The first-order valence-electron chi connectivity index (χ1n) is 13.6. The van der Waals surface area contributed by atoms with Gasteiger partial charge in [-0.05, 0) is 55.0 Å². The van der Waals surface area contributed by atoms with Crippen LogP contribution in [0.2, 0.25) is 10.0 Å². The van der Waals surface area contributed by atoms with E-state index in [1.165, 1.54) is 15.9 Å². The molecule has 3 aromatic carbocycles.